The summed E-state index contributed by atoms with van der Waals surface area (Å²) < 4.78 is 27.2. The first-order valence-electron chi connectivity index (χ1n) is 9.99. The highest BCUT2D eigenvalue weighted by molar-refractivity contribution is 7.89. The lowest BCUT2D eigenvalue weighted by molar-refractivity contribution is 0.0696. The van der Waals surface area contributed by atoms with Gasteiger partial charge in [0.05, 0.1) is 10.5 Å². The van der Waals surface area contributed by atoms with Gasteiger partial charge in [-0.3, -0.25) is 9.59 Å². The molecule has 3 aromatic rings. The molecule has 0 bridgehead atoms. The van der Waals surface area contributed by atoms with Crippen LogP contribution in [0.1, 0.15) is 15.9 Å². The Kier molecular flexibility index (Phi) is 5.90. The number of benzene rings is 2. The minimum Gasteiger partial charge on any atom is -0.336 e. The molecule has 0 unspecified atom stereocenters. The number of sulfonamides is 1. The number of hydrogen-bond donors (Lipinski definition) is 1. The molecule has 1 aromatic heterocycles. The Morgan fingerprint density at radius 1 is 0.906 bits per heavy atom. The van der Waals surface area contributed by atoms with Gasteiger partial charge in [-0.1, -0.05) is 42.5 Å². The quantitative estimate of drug-likeness (QED) is 0.656. The maximum absolute atomic E-state index is 13.0. The van der Waals surface area contributed by atoms with Gasteiger partial charge in [-0.05, 0) is 29.8 Å². The fraction of sp³-hybridized carbons (Fsp3) is 0.174. The lowest BCUT2D eigenvalue weighted by Gasteiger charge is -2.34. The normalized spacial score (nSPS) is 14.7. The molecule has 32 heavy (non-hydrogen) atoms. The van der Waals surface area contributed by atoms with Crippen LogP contribution in [-0.2, 0) is 10.0 Å². The second kappa shape index (κ2) is 8.78. The molecule has 1 amide bonds. The van der Waals surface area contributed by atoms with Gasteiger partial charge in [0.25, 0.3) is 11.5 Å². The van der Waals surface area contributed by atoms with Crippen LogP contribution in [0, 0.1) is 11.3 Å². The molecule has 0 radical (unpaired) electrons. The number of carbonyl (C=O) groups excluding carboxylic acids is 1. The van der Waals surface area contributed by atoms with E-state index in [1.807, 2.05) is 36.4 Å². The highest BCUT2D eigenvalue weighted by atomic mass is 32.2. The topological polar surface area (TPSA) is 114 Å². The van der Waals surface area contributed by atoms with E-state index in [-0.39, 0.29) is 42.2 Å². The summed E-state index contributed by atoms with van der Waals surface area (Å²) in [6.07, 6.45) is 0. The second-order valence-corrected chi connectivity index (χ2v) is 9.19. The van der Waals surface area contributed by atoms with E-state index in [0.29, 0.717) is 5.69 Å². The van der Waals surface area contributed by atoms with Crippen LogP contribution in [0.5, 0.6) is 0 Å². The van der Waals surface area contributed by atoms with Gasteiger partial charge in [0, 0.05) is 31.9 Å². The van der Waals surface area contributed by atoms with Crippen LogP contribution in [0.3, 0.4) is 0 Å². The van der Waals surface area contributed by atoms with E-state index in [2.05, 4.69) is 4.98 Å². The second-order valence-electron chi connectivity index (χ2n) is 7.29. The molecule has 9 heteroatoms. The molecule has 0 spiro atoms. The van der Waals surface area contributed by atoms with E-state index >= 15 is 0 Å². The molecule has 0 saturated carbocycles. The number of hydrogen-bond acceptors (Lipinski definition) is 5. The van der Waals surface area contributed by atoms with Crippen molar-refractivity contribution in [1.29, 1.82) is 5.26 Å². The van der Waals surface area contributed by atoms with Gasteiger partial charge in [-0.25, -0.2) is 8.42 Å². The zero-order chi connectivity index (χ0) is 22.7. The van der Waals surface area contributed by atoms with Crippen LogP contribution in [-0.4, -0.2) is 54.7 Å². The van der Waals surface area contributed by atoms with E-state index in [9.17, 15) is 23.3 Å². The first-order chi connectivity index (χ1) is 15.4. The maximum Gasteiger partial charge on any atom is 0.261 e. The fourth-order valence-corrected chi connectivity index (χ4v) is 5.22. The molecule has 1 fully saturated rings. The van der Waals surface area contributed by atoms with E-state index in [4.69, 9.17) is 0 Å². The molecule has 0 aliphatic carbocycles. The number of aromatic nitrogens is 1. The standard InChI is InChI=1S/C23H20N4O4S/c24-16-18-8-4-5-9-21(18)32(30,31)27-14-12-26(13-15-27)23(29)19-10-11-20(25-22(19)28)17-6-2-1-3-7-17/h1-11H,12-15H2,(H,25,28). The average molecular weight is 449 g/mol. The van der Waals surface area contributed by atoms with Crippen LogP contribution < -0.4 is 5.56 Å². The molecule has 1 aliphatic heterocycles. The highest BCUT2D eigenvalue weighted by Gasteiger charge is 2.32. The first kappa shape index (κ1) is 21.5. The number of amides is 1. The third-order valence-electron chi connectivity index (χ3n) is 5.38. The third-order valence-corrected chi connectivity index (χ3v) is 7.33. The molecule has 8 nitrogen and oxygen atoms in total. The third kappa shape index (κ3) is 4.06. The minimum atomic E-state index is -3.86. The van der Waals surface area contributed by atoms with Crippen molar-refractivity contribution in [2.24, 2.45) is 0 Å². The summed E-state index contributed by atoms with van der Waals surface area (Å²) in [5.74, 6) is -0.444. The maximum atomic E-state index is 13.0. The van der Waals surface area contributed by atoms with Crippen molar-refractivity contribution in [3.05, 3.63) is 88.2 Å². The Labute approximate surface area is 185 Å². The van der Waals surface area contributed by atoms with Gasteiger partial charge in [0.1, 0.15) is 11.6 Å². The largest absolute Gasteiger partial charge is 0.336 e. The Hall–Kier alpha value is -3.74. The van der Waals surface area contributed by atoms with Crippen LogP contribution in [0.15, 0.2) is 76.4 Å². The molecular weight excluding hydrogens is 428 g/mol. The summed E-state index contributed by atoms with van der Waals surface area (Å²) in [7, 11) is -3.86. The molecule has 2 heterocycles. The van der Waals surface area contributed by atoms with Gasteiger partial charge in [-0.15, -0.1) is 0 Å². The molecule has 2 aromatic carbocycles. The van der Waals surface area contributed by atoms with Crippen LogP contribution in [0.25, 0.3) is 11.3 Å². The summed E-state index contributed by atoms with van der Waals surface area (Å²) in [6, 6.07) is 20.4. The summed E-state index contributed by atoms with van der Waals surface area (Å²) in [5.41, 5.74) is 1.04. The van der Waals surface area contributed by atoms with Gasteiger partial charge < -0.3 is 9.88 Å². The summed E-state index contributed by atoms with van der Waals surface area (Å²) >= 11 is 0. The zero-order valence-corrected chi connectivity index (χ0v) is 17.9. The number of carbonyl (C=O) groups is 1. The molecule has 162 valence electrons. The summed E-state index contributed by atoms with van der Waals surface area (Å²) in [5, 5.41) is 9.22. The minimum absolute atomic E-state index is 0.0100. The smallest absolute Gasteiger partial charge is 0.261 e. The number of rotatable bonds is 4. The van der Waals surface area contributed by atoms with Crippen LogP contribution >= 0.6 is 0 Å². The SMILES string of the molecule is N#Cc1ccccc1S(=O)(=O)N1CCN(C(=O)c2ccc(-c3ccccc3)[nH]c2=O)CC1. The van der Waals surface area contributed by atoms with Crippen molar-refractivity contribution in [1.82, 2.24) is 14.2 Å². The van der Waals surface area contributed by atoms with Gasteiger partial charge in [0.2, 0.25) is 10.0 Å². The molecule has 4 rings (SSSR count). The van der Waals surface area contributed by atoms with Gasteiger partial charge >= 0.3 is 0 Å². The monoisotopic (exact) mass is 448 g/mol. The number of piperazine rings is 1. The Morgan fingerprint density at radius 2 is 1.56 bits per heavy atom. The molecule has 1 N–H and O–H groups in total. The Bertz CT molecular complexity index is 1350. The first-order valence-corrected chi connectivity index (χ1v) is 11.4. The van der Waals surface area contributed by atoms with Crippen molar-refractivity contribution in [2.45, 2.75) is 4.90 Å². The predicted octanol–water partition coefficient (Wildman–Crippen LogP) is 2.06. The van der Waals surface area contributed by atoms with E-state index in [0.717, 1.165) is 5.56 Å². The number of nitrogens with one attached hydrogen (secondary N) is 1. The van der Waals surface area contributed by atoms with Crippen molar-refractivity contribution >= 4 is 15.9 Å². The van der Waals surface area contributed by atoms with Crippen molar-refractivity contribution < 1.29 is 13.2 Å². The number of H-pyrrole nitrogens is 1. The van der Waals surface area contributed by atoms with Crippen molar-refractivity contribution in [3.8, 4) is 17.3 Å². The van der Waals surface area contributed by atoms with Gasteiger partial charge in [-0.2, -0.15) is 9.57 Å². The molecular formula is C23H20N4O4S. The number of nitriles is 1. The number of aromatic amines is 1. The van der Waals surface area contributed by atoms with E-state index < -0.39 is 21.5 Å². The summed E-state index contributed by atoms with van der Waals surface area (Å²) in [6.45, 7) is 0.445. The lowest BCUT2D eigenvalue weighted by Crippen LogP contribution is -2.51. The summed E-state index contributed by atoms with van der Waals surface area (Å²) in [4.78, 5) is 29.6. The highest BCUT2D eigenvalue weighted by Crippen LogP contribution is 2.21. The van der Waals surface area contributed by atoms with E-state index in [1.165, 1.54) is 27.4 Å². The Morgan fingerprint density at radius 3 is 2.22 bits per heavy atom. The van der Waals surface area contributed by atoms with Crippen molar-refractivity contribution in [2.75, 3.05) is 26.2 Å². The number of pyridine rings is 1. The predicted molar refractivity (Wildman–Crippen MR) is 118 cm³/mol. The zero-order valence-electron chi connectivity index (χ0n) is 17.1. The average Bonchev–Trinajstić information content (AvgIpc) is 2.84. The molecule has 1 saturated heterocycles. The van der Waals surface area contributed by atoms with Crippen LogP contribution in [0.2, 0.25) is 0 Å². The molecule has 1 aliphatic rings. The fourth-order valence-electron chi connectivity index (χ4n) is 3.65. The molecule has 0 atom stereocenters. The van der Waals surface area contributed by atoms with E-state index in [1.54, 1.807) is 18.2 Å². The van der Waals surface area contributed by atoms with Gasteiger partial charge in [0.15, 0.2) is 0 Å². The van der Waals surface area contributed by atoms with Crippen molar-refractivity contribution in [3.63, 3.8) is 0 Å². The lowest BCUT2D eigenvalue weighted by atomic mass is 10.1. The van der Waals surface area contributed by atoms with Crippen LogP contribution in [0.4, 0.5) is 0 Å². The Balaban J connectivity index is 1.48. The number of nitrogens with zero attached hydrogens (tertiary/aromatic N) is 3.